The Bertz CT molecular complexity index is 1180. The highest BCUT2D eigenvalue weighted by molar-refractivity contribution is 7.13. The maximum Gasteiger partial charge on any atom is 0.408 e. The Morgan fingerprint density at radius 3 is 2.49 bits per heavy atom. The van der Waals surface area contributed by atoms with E-state index in [9.17, 15) is 14.4 Å². The number of carbonyl (C=O) groups is 3. The van der Waals surface area contributed by atoms with Gasteiger partial charge in [0.25, 0.3) is 5.91 Å². The van der Waals surface area contributed by atoms with E-state index in [4.69, 9.17) is 4.74 Å². The molecular weight excluding hydrogens is 490 g/mol. The van der Waals surface area contributed by atoms with Gasteiger partial charge in [0, 0.05) is 28.8 Å². The molecule has 0 radical (unpaired) electrons. The molecule has 0 bridgehead atoms. The van der Waals surface area contributed by atoms with Gasteiger partial charge in [-0.1, -0.05) is 70.4 Å². The van der Waals surface area contributed by atoms with Gasteiger partial charge in [-0.25, -0.2) is 9.78 Å². The lowest BCUT2D eigenvalue weighted by Crippen LogP contribution is -2.48. The van der Waals surface area contributed by atoms with Crippen LogP contribution in [0.2, 0.25) is 0 Å². The number of ketones is 1. The molecule has 2 N–H and O–H groups in total. The van der Waals surface area contributed by atoms with Gasteiger partial charge in [-0.3, -0.25) is 19.6 Å². The molecule has 0 aliphatic carbocycles. The summed E-state index contributed by atoms with van der Waals surface area (Å²) in [6.07, 6.45) is 3.90. The highest BCUT2D eigenvalue weighted by atomic mass is 32.1. The fraction of sp³-hybridized carbons (Fsp3) is 0.444. The van der Waals surface area contributed by atoms with Crippen molar-refractivity contribution < 1.29 is 19.1 Å². The fourth-order valence-electron chi connectivity index (χ4n) is 3.58. The summed E-state index contributed by atoms with van der Waals surface area (Å²) in [7, 11) is 0. The molecule has 2 atom stereocenters. The lowest BCUT2D eigenvalue weighted by Gasteiger charge is -2.30. The van der Waals surface area contributed by atoms with Crippen molar-refractivity contribution in [3.05, 3.63) is 53.7 Å². The van der Waals surface area contributed by atoms with E-state index in [1.54, 1.807) is 10.1 Å². The second kappa shape index (κ2) is 12.6. The Morgan fingerprint density at radius 1 is 1.14 bits per heavy atom. The molecular formula is C27H35N5O4S. The Kier molecular flexibility index (Phi) is 9.57. The number of rotatable bonds is 11. The number of benzene rings is 1. The van der Waals surface area contributed by atoms with Crippen LogP contribution >= 0.6 is 11.3 Å². The molecule has 2 aromatic heterocycles. The van der Waals surface area contributed by atoms with Gasteiger partial charge >= 0.3 is 6.09 Å². The minimum atomic E-state index is -0.995. The Morgan fingerprint density at radius 2 is 1.86 bits per heavy atom. The van der Waals surface area contributed by atoms with Crippen molar-refractivity contribution in [2.45, 2.75) is 72.6 Å². The Labute approximate surface area is 221 Å². The number of aryl methyl sites for hydroxylation is 1. The zero-order valence-corrected chi connectivity index (χ0v) is 22.8. The monoisotopic (exact) mass is 525 g/mol. The van der Waals surface area contributed by atoms with Crippen LogP contribution in [0.5, 0.6) is 0 Å². The Hall–Kier alpha value is -3.53. The summed E-state index contributed by atoms with van der Waals surface area (Å²) in [6, 6.07) is 9.04. The molecule has 9 nitrogen and oxygen atoms in total. The summed E-state index contributed by atoms with van der Waals surface area (Å²) in [5.41, 5.74) is 2.60. The van der Waals surface area contributed by atoms with Crippen LogP contribution in [0.25, 0.3) is 11.3 Å². The number of carbonyl (C=O) groups excluding carboxylic acids is 3. The van der Waals surface area contributed by atoms with Crippen molar-refractivity contribution in [1.29, 1.82) is 0 Å². The molecule has 198 valence electrons. The predicted octanol–water partition coefficient (Wildman–Crippen LogP) is 5.22. The zero-order chi connectivity index (χ0) is 27.0. The molecule has 0 fully saturated rings. The quantitative estimate of drug-likeness (QED) is 0.332. The van der Waals surface area contributed by atoms with Crippen molar-refractivity contribution in [1.82, 2.24) is 20.1 Å². The van der Waals surface area contributed by atoms with E-state index >= 15 is 0 Å². The summed E-state index contributed by atoms with van der Waals surface area (Å²) in [6.45, 7) is 10.2. The average Bonchev–Trinajstić information content (AvgIpc) is 3.53. The van der Waals surface area contributed by atoms with Crippen LogP contribution in [0, 0.1) is 12.3 Å². The third kappa shape index (κ3) is 8.24. The topological polar surface area (TPSA) is 115 Å². The van der Waals surface area contributed by atoms with Crippen molar-refractivity contribution in [2.24, 2.45) is 5.41 Å². The largest absolute Gasteiger partial charge is 0.444 e. The molecule has 0 saturated carbocycles. The van der Waals surface area contributed by atoms with E-state index in [0.29, 0.717) is 24.5 Å². The highest BCUT2D eigenvalue weighted by Gasteiger charge is 2.32. The molecule has 2 heterocycles. The molecule has 0 spiro atoms. The van der Waals surface area contributed by atoms with Gasteiger partial charge in [-0.05, 0) is 19.4 Å². The minimum absolute atomic E-state index is 0.326. The van der Waals surface area contributed by atoms with Crippen LogP contribution in [-0.4, -0.2) is 44.7 Å². The first-order valence-corrected chi connectivity index (χ1v) is 13.3. The van der Waals surface area contributed by atoms with E-state index in [-0.39, 0.29) is 0 Å². The van der Waals surface area contributed by atoms with Crippen LogP contribution in [0.3, 0.4) is 0 Å². The van der Waals surface area contributed by atoms with E-state index in [0.717, 1.165) is 17.7 Å². The number of aromatic nitrogens is 3. The lowest BCUT2D eigenvalue weighted by atomic mass is 9.89. The maximum atomic E-state index is 12.9. The number of nitrogens with zero attached hydrogens (tertiary/aromatic N) is 3. The van der Waals surface area contributed by atoms with Crippen molar-refractivity contribution in [3.8, 4) is 11.3 Å². The van der Waals surface area contributed by atoms with E-state index in [2.05, 4.69) is 20.7 Å². The SMILES string of the molecule is CCCC[C@H](NC(=O)O[C@H](Cn1ccc(-c2ccc(C)cc2)n1)C(C)(C)C)C(=O)C(=O)Nc1nccs1. The molecule has 3 aromatic rings. The summed E-state index contributed by atoms with van der Waals surface area (Å²) >= 11 is 1.21. The Balaban J connectivity index is 1.67. The number of anilines is 1. The van der Waals surface area contributed by atoms with Gasteiger partial charge in [-0.15, -0.1) is 11.3 Å². The second-order valence-corrected chi connectivity index (χ2v) is 10.9. The number of hydrogen-bond donors (Lipinski definition) is 2. The fourth-order valence-corrected chi connectivity index (χ4v) is 4.11. The molecule has 10 heteroatoms. The number of amides is 2. The van der Waals surface area contributed by atoms with Crippen LogP contribution in [0.15, 0.2) is 48.1 Å². The number of ether oxygens (including phenoxy) is 1. The first kappa shape index (κ1) is 28.0. The van der Waals surface area contributed by atoms with Gasteiger partial charge in [0.15, 0.2) is 5.13 Å². The molecule has 0 aliphatic rings. The van der Waals surface area contributed by atoms with Crippen LogP contribution in [0.1, 0.15) is 52.5 Å². The smallest absolute Gasteiger partial charge is 0.408 e. The summed E-state index contributed by atoms with van der Waals surface area (Å²) in [5, 5.41) is 11.8. The molecule has 0 aliphatic heterocycles. The number of alkyl carbamates (subject to hydrolysis) is 1. The van der Waals surface area contributed by atoms with E-state index < -0.39 is 35.3 Å². The van der Waals surface area contributed by atoms with Crippen molar-refractivity contribution in [2.75, 3.05) is 5.32 Å². The molecule has 0 saturated heterocycles. The van der Waals surface area contributed by atoms with Gasteiger partial charge in [0.1, 0.15) is 12.1 Å². The number of Topliss-reactive ketones (excluding diaryl/α,β-unsaturated/α-hetero) is 1. The van der Waals surface area contributed by atoms with E-state index in [1.807, 2.05) is 71.1 Å². The van der Waals surface area contributed by atoms with E-state index in [1.165, 1.54) is 23.1 Å². The van der Waals surface area contributed by atoms with Crippen molar-refractivity contribution >= 4 is 34.3 Å². The predicted molar refractivity (Wildman–Crippen MR) is 144 cm³/mol. The molecule has 1 aromatic carbocycles. The number of nitrogens with one attached hydrogen (secondary N) is 2. The van der Waals surface area contributed by atoms with Gasteiger partial charge in [0.05, 0.1) is 12.2 Å². The molecule has 37 heavy (non-hydrogen) atoms. The molecule has 3 rings (SSSR count). The normalized spacial score (nSPS) is 13.0. The zero-order valence-electron chi connectivity index (χ0n) is 22.0. The maximum absolute atomic E-state index is 12.9. The minimum Gasteiger partial charge on any atom is -0.444 e. The molecule has 0 unspecified atom stereocenters. The van der Waals surface area contributed by atoms with Crippen molar-refractivity contribution in [3.63, 3.8) is 0 Å². The lowest BCUT2D eigenvalue weighted by molar-refractivity contribution is -0.136. The van der Waals surface area contributed by atoms with Gasteiger partial charge < -0.3 is 10.1 Å². The number of unbranched alkanes of at least 4 members (excludes halogenated alkanes) is 1. The van der Waals surface area contributed by atoms with Crippen LogP contribution in [0.4, 0.5) is 9.93 Å². The van der Waals surface area contributed by atoms with Crippen LogP contribution < -0.4 is 10.6 Å². The number of hydrogen-bond acceptors (Lipinski definition) is 7. The third-order valence-corrected chi connectivity index (χ3v) is 6.58. The molecule has 2 amide bonds. The average molecular weight is 526 g/mol. The second-order valence-electron chi connectivity index (χ2n) is 10.0. The third-order valence-electron chi connectivity index (χ3n) is 5.89. The first-order valence-electron chi connectivity index (χ1n) is 12.4. The summed E-state index contributed by atoms with van der Waals surface area (Å²) in [4.78, 5) is 42.2. The summed E-state index contributed by atoms with van der Waals surface area (Å²) in [5.74, 6) is -1.55. The van der Waals surface area contributed by atoms with Crippen LogP contribution in [-0.2, 0) is 20.9 Å². The van der Waals surface area contributed by atoms with Gasteiger partial charge in [0.2, 0.25) is 5.78 Å². The number of thiazole rings is 1. The highest BCUT2D eigenvalue weighted by Crippen LogP contribution is 2.25. The first-order chi connectivity index (χ1) is 17.6. The summed E-state index contributed by atoms with van der Waals surface area (Å²) < 4.78 is 7.54. The van der Waals surface area contributed by atoms with Gasteiger partial charge in [-0.2, -0.15) is 5.10 Å². The standard InChI is InChI=1S/C27H35N5O4S/c1-6-7-8-21(23(33)24(34)30-25-28-14-16-37-25)29-26(35)36-22(27(3,4)5)17-32-15-13-20(31-32)19-11-9-18(2)10-12-19/h9-16,21-22H,6-8,17H2,1-5H3,(H,29,35)(H,28,30,34)/t21-,22+/m0/s1.